The lowest BCUT2D eigenvalue weighted by Crippen LogP contribution is -2.27. The van der Waals surface area contributed by atoms with Gasteiger partial charge in [-0.2, -0.15) is 0 Å². The molecule has 1 saturated carbocycles. The Hall–Kier alpha value is -1.09. The largest absolute Gasteiger partial charge is 0.354 e. The first-order chi connectivity index (χ1) is 6.86. The van der Waals surface area contributed by atoms with Crippen molar-refractivity contribution in [2.75, 3.05) is 11.4 Å². The van der Waals surface area contributed by atoms with Gasteiger partial charge in [-0.3, -0.25) is 0 Å². The van der Waals surface area contributed by atoms with E-state index < -0.39 is 0 Å². The fourth-order valence-electron chi connectivity index (χ4n) is 1.82. The predicted molar refractivity (Wildman–Crippen MR) is 58.2 cm³/mol. The average Bonchev–Trinajstić information content (AvgIpc) is 3.04. The maximum atomic E-state index is 5.70. The van der Waals surface area contributed by atoms with E-state index >= 15 is 0 Å². The zero-order chi connectivity index (χ0) is 9.97. The van der Waals surface area contributed by atoms with Crippen molar-refractivity contribution in [1.82, 2.24) is 4.98 Å². The van der Waals surface area contributed by atoms with E-state index in [1.54, 1.807) is 0 Å². The zero-order valence-electron chi connectivity index (χ0n) is 8.61. The van der Waals surface area contributed by atoms with Crippen molar-refractivity contribution in [3.8, 4) is 0 Å². The van der Waals surface area contributed by atoms with Gasteiger partial charge in [0.2, 0.25) is 0 Å². The van der Waals surface area contributed by atoms with E-state index in [1.165, 1.54) is 12.8 Å². The fourth-order valence-corrected chi connectivity index (χ4v) is 1.82. The van der Waals surface area contributed by atoms with E-state index in [0.29, 0.717) is 12.6 Å². The number of nitrogens with two attached hydrogens (primary N) is 1. The monoisotopic (exact) mass is 191 g/mol. The van der Waals surface area contributed by atoms with Crippen molar-refractivity contribution in [2.24, 2.45) is 5.73 Å². The first-order valence-electron chi connectivity index (χ1n) is 5.27. The quantitative estimate of drug-likeness (QED) is 0.784. The molecule has 1 heterocycles. The molecule has 0 bridgehead atoms. The van der Waals surface area contributed by atoms with E-state index in [0.717, 1.165) is 17.9 Å². The first kappa shape index (κ1) is 9.46. The molecule has 0 amide bonds. The molecule has 1 aromatic rings. The Morgan fingerprint density at radius 2 is 2.36 bits per heavy atom. The van der Waals surface area contributed by atoms with Crippen LogP contribution in [0.3, 0.4) is 0 Å². The van der Waals surface area contributed by atoms with Gasteiger partial charge in [0.05, 0.1) is 0 Å². The molecule has 0 atom stereocenters. The lowest BCUT2D eigenvalue weighted by Gasteiger charge is -2.23. The molecule has 1 fully saturated rings. The van der Waals surface area contributed by atoms with E-state index in [4.69, 9.17) is 5.73 Å². The molecule has 1 aliphatic rings. The molecule has 0 aliphatic heterocycles. The van der Waals surface area contributed by atoms with Gasteiger partial charge in [-0.25, -0.2) is 4.98 Å². The van der Waals surface area contributed by atoms with E-state index in [1.807, 2.05) is 12.3 Å². The minimum absolute atomic E-state index is 0.576. The van der Waals surface area contributed by atoms with E-state index in [9.17, 15) is 0 Å². The molecule has 3 heteroatoms. The molecule has 2 N–H and O–H groups in total. The molecule has 14 heavy (non-hydrogen) atoms. The van der Waals surface area contributed by atoms with Crippen molar-refractivity contribution in [3.05, 3.63) is 23.9 Å². The van der Waals surface area contributed by atoms with Crippen LogP contribution < -0.4 is 10.6 Å². The number of pyridine rings is 1. The van der Waals surface area contributed by atoms with Gasteiger partial charge in [0.1, 0.15) is 5.82 Å². The number of anilines is 1. The minimum Gasteiger partial charge on any atom is -0.354 e. The number of rotatable bonds is 4. The van der Waals surface area contributed by atoms with Gasteiger partial charge < -0.3 is 10.6 Å². The van der Waals surface area contributed by atoms with Gasteiger partial charge in [0.15, 0.2) is 0 Å². The predicted octanol–water partition coefficient (Wildman–Crippen LogP) is 1.53. The van der Waals surface area contributed by atoms with E-state index in [2.05, 4.69) is 22.9 Å². The van der Waals surface area contributed by atoms with Crippen LogP contribution in [0.15, 0.2) is 18.3 Å². The fraction of sp³-hybridized carbons (Fsp3) is 0.545. The number of nitrogens with zero attached hydrogens (tertiary/aromatic N) is 2. The number of aromatic nitrogens is 1. The average molecular weight is 191 g/mol. The Balaban J connectivity index is 2.27. The Morgan fingerprint density at radius 1 is 1.57 bits per heavy atom. The van der Waals surface area contributed by atoms with Gasteiger partial charge >= 0.3 is 0 Å². The second kappa shape index (κ2) is 3.96. The summed E-state index contributed by atoms with van der Waals surface area (Å²) in [6, 6.07) is 4.72. The molecule has 76 valence electrons. The Kier molecular flexibility index (Phi) is 2.68. The van der Waals surface area contributed by atoms with Crippen LogP contribution in [0.5, 0.6) is 0 Å². The van der Waals surface area contributed by atoms with Gasteiger partial charge in [-0.15, -0.1) is 0 Å². The maximum Gasteiger partial charge on any atom is 0.133 e. The molecule has 0 radical (unpaired) electrons. The number of hydrogen-bond donors (Lipinski definition) is 1. The second-order valence-electron chi connectivity index (χ2n) is 3.71. The Morgan fingerprint density at radius 3 is 2.93 bits per heavy atom. The highest BCUT2D eigenvalue weighted by Crippen LogP contribution is 2.31. The topological polar surface area (TPSA) is 42.2 Å². The van der Waals surface area contributed by atoms with Crippen LogP contribution in [-0.4, -0.2) is 17.6 Å². The molecule has 0 saturated heterocycles. The summed E-state index contributed by atoms with van der Waals surface area (Å²) in [5, 5.41) is 0. The highest BCUT2D eigenvalue weighted by atomic mass is 15.2. The van der Waals surface area contributed by atoms with Crippen LogP contribution in [0.4, 0.5) is 5.82 Å². The van der Waals surface area contributed by atoms with Crippen molar-refractivity contribution < 1.29 is 0 Å². The maximum absolute atomic E-state index is 5.70. The summed E-state index contributed by atoms with van der Waals surface area (Å²) in [5.74, 6) is 1.08. The second-order valence-corrected chi connectivity index (χ2v) is 3.71. The number of hydrogen-bond acceptors (Lipinski definition) is 3. The third kappa shape index (κ3) is 1.73. The highest BCUT2D eigenvalue weighted by molar-refractivity contribution is 5.48. The SMILES string of the molecule is CCN(c1ncccc1CN)C1CC1. The molecule has 0 aromatic carbocycles. The lowest BCUT2D eigenvalue weighted by atomic mass is 10.2. The van der Waals surface area contributed by atoms with Crippen molar-refractivity contribution in [3.63, 3.8) is 0 Å². The van der Waals surface area contributed by atoms with Crippen molar-refractivity contribution in [2.45, 2.75) is 32.4 Å². The van der Waals surface area contributed by atoms with E-state index in [-0.39, 0.29) is 0 Å². The van der Waals surface area contributed by atoms with Gasteiger partial charge in [-0.1, -0.05) is 6.07 Å². The van der Waals surface area contributed by atoms with Crippen LogP contribution in [0.1, 0.15) is 25.3 Å². The first-order valence-corrected chi connectivity index (χ1v) is 5.27. The zero-order valence-corrected chi connectivity index (χ0v) is 8.61. The molecule has 0 unspecified atom stereocenters. The third-order valence-electron chi connectivity index (χ3n) is 2.69. The standard InChI is InChI=1S/C11H17N3/c1-2-14(10-5-6-10)11-9(8-12)4-3-7-13-11/h3-4,7,10H,2,5-6,8,12H2,1H3. The lowest BCUT2D eigenvalue weighted by molar-refractivity contribution is 0.796. The summed E-state index contributed by atoms with van der Waals surface area (Å²) in [4.78, 5) is 6.79. The third-order valence-corrected chi connectivity index (χ3v) is 2.69. The van der Waals surface area contributed by atoms with Crippen LogP contribution in [-0.2, 0) is 6.54 Å². The van der Waals surface area contributed by atoms with Gasteiger partial charge in [0, 0.05) is 30.9 Å². The molecular formula is C11H17N3. The molecule has 2 rings (SSSR count). The summed E-state index contributed by atoms with van der Waals surface area (Å²) in [6.07, 6.45) is 4.45. The highest BCUT2D eigenvalue weighted by Gasteiger charge is 2.29. The summed E-state index contributed by atoms with van der Waals surface area (Å²) < 4.78 is 0. The van der Waals surface area contributed by atoms with Gasteiger partial charge in [-0.05, 0) is 25.8 Å². The van der Waals surface area contributed by atoms with Gasteiger partial charge in [0.25, 0.3) is 0 Å². The molecule has 3 nitrogen and oxygen atoms in total. The van der Waals surface area contributed by atoms with Crippen molar-refractivity contribution >= 4 is 5.82 Å². The summed E-state index contributed by atoms with van der Waals surface area (Å²) in [5.41, 5.74) is 6.85. The summed E-state index contributed by atoms with van der Waals surface area (Å²) in [6.45, 7) is 3.77. The Bertz CT molecular complexity index is 307. The normalized spacial score (nSPS) is 15.6. The molecular weight excluding hydrogens is 174 g/mol. The smallest absolute Gasteiger partial charge is 0.133 e. The summed E-state index contributed by atoms with van der Waals surface area (Å²) >= 11 is 0. The molecule has 1 aliphatic carbocycles. The van der Waals surface area contributed by atoms with Crippen LogP contribution >= 0.6 is 0 Å². The van der Waals surface area contributed by atoms with Crippen molar-refractivity contribution in [1.29, 1.82) is 0 Å². The van der Waals surface area contributed by atoms with Crippen LogP contribution in [0, 0.1) is 0 Å². The van der Waals surface area contributed by atoms with Crippen LogP contribution in [0.25, 0.3) is 0 Å². The Labute approximate surface area is 84.9 Å². The summed E-state index contributed by atoms with van der Waals surface area (Å²) in [7, 11) is 0. The molecule has 0 spiro atoms. The minimum atomic E-state index is 0.576. The van der Waals surface area contributed by atoms with Crippen LogP contribution in [0.2, 0.25) is 0 Å². The molecule has 1 aromatic heterocycles.